The molecule has 0 saturated heterocycles. The smallest absolute Gasteiger partial charge is 0.468 e. The number of carbonyl (C=O) groups excluding carboxylic acids is 2. The van der Waals surface area contributed by atoms with E-state index in [0.29, 0.717) is 25.3 Å². The molecule has 0 aromatic carbocycles. The molecule has 0 unspecified atom stereocenters. The number of hydrogen-bond donors (Lipinski definition) is 2. The van der Waals surface area contributed by atoms with E-state index in [-0.39, 0.29) is 12.6 Å². The van der Waals surface area contributed by atoms with Crippen molar-refractivity contribution in [1.82, 2.24) is 0 Å². The average molecular weight is 583 g/mol. The third-order valence-corrected chi connectivity index (χ3v) is 8.05. The molecule has 0 aliphatic rings. The fourth-order valence-electron chi connectivity index (χ4n) is 4.19. The number of unbranched alkanes of at least 4 members (excludes halogenated alkanes) is 17. The zero-order valence-electron chi connectivity index (χ0n) is 23.8. The lowest BCUT2D eigenvalue weighted by Crippen LogP contribution is -2.25. The number of thioether (sulfide) groups is 1. The van der Waals surface area contributed by atoms with Gasteiger partial charge in [-0.05, 0) is 25.0 Å². The van der Waals surface area contributed by atoms with Gasteiger partial charge in [0, 0.05) is 12.2 Å². The molecule has 0 aliphatic heterocycles. The van der Waals surface area contributed by atoms with Crippen molar-refractivity contribution in [2.45, 2.75) is 141 Å². The summed E-state index contributed by atoms with van der Waals surface area (Å²) in [6, 6.07) is 0. The molecule has 2 N–H and O–H groups in total. The maximum Gasteiger partial charge on any atom is 0.469 e. The second-order valence-corrected chi connectivity index (χ2v) is 12.4. The van der Waals surface area contributed by atoms with Gasteiger partial charge < -0.3 is 19.3 Å². The van der Waals surface area contributed by atoms with Crippen LogP contribution in [0.15, 0.2) is 0 Å². The minimum Gasteiger partial charge on any atom is -0.468 e. The lowest BCUT2D eigenvalue weighted by atomic mass is 10.0. The van der Waals surface area contributed by atoms with Gasteiger partial charge in [0.05, 0.1) is 13.2 Å². The summed E-state index contributed by atoms with van der Waals surface area (Å²) in [6.45, 7) is 2.93. The predicted molar refractivity (Wildman–Crippen MR) is 155 cm³/mol. The van der Waals surface area contributed by atoms with Crippen LogP contribution in [0.4, 0.5) is 0 Å². The van der Waals surface area contributed by atoms with Gasteiger partial charge in [-0.1, -0.05) is 110 Å². The fraction of sp³-hybridized carbons (Fsp3) is 0.929. The molecule has 0 aromatic heterocycles. The quantitative estimate of drug-likeness (QED) is 0.0379. The second-order valence-electron chi connectivity index (χ2n) is 10.1. The maximum atomic E-state index is 12.3. The Morgan fingerprint density at radius 3 is 1.82 bits per heavy atom. The molecule has 0 amide bonds. The van der Waals surface area contributed by atoms with Crippen molar-refractivity contribution in [3.8, 4) is 0 Å². The molecule has 0 rings (SSSR count). The van der Waals surface area contributed by atoms with Gasteiger partial charge >= 0.3 is 13.8 Å². The number of phosphoric acid groups is 1. The Morgan fingerprint density at radius 1 is 0.789 bits per heavy atom. The number of rotatable bonds is 30. The highest BCUT2D eigenvalue weighted by Gasteiger charge is 2.21. The highest BCUT2D eigenvalue weighted by molar-refractivity contribution is 7.99. The molecule has 1 atom stereocenters. The SMILES string of the molecule is CCCCCCCCCCCCCCC(=O)O[C@H](COP(=O)(O)O)CSCCCCCCCCCOC=O. The Bertz CT molecular complexity index is 587. The number of esters is 1. The topological polar surface area (TPSA) is 119 Å². The van der Waals surface area contributed by atoms with Gasteiger partial charge in [0.25, 0.3) is 6.47 Å². The zero-order valence-corrected chi connectivity index (χ0v) is 25.5. The third-order valence-electron chi connectivity index (χ3n) is 6.38. The first-order valence-corrected chi connectivity index (χ1v) is 17.6. The van der Waals surface area contributed by atoms with Gasteiger partial charge in [-0.3, -0.25) is 14.1 Å². The monoisotopic (exact) mass is 582 g/mol. The first-order chi connectivity index (χ1) is 18.4. The van der Waals surface area contributed by atoms with E-state index in [4.69, 9.17) is 14.5 Å². The molecule has 0 bridgehead atoms. The van der Waals surface area contributed by atoms with Crippen LogP contribution < -0.4 is 0 Å². The fourth-order valence-corrected chi connectivity index (χ4v) is 5.55. The number of phosphoric ester groups is 1. The molecule has 0 aliphatic carbocycles. The van der Waals surface area contributed by atoms with Gasteiger partial charge in [0.2, 0.25) is 0 Å². The van der Waals surface area contributed by atoms with E-state index in [9.17, 15) is 14.2 Å². The Kier molecular flexibility index (Phi) is 27.5. The minimum atomic E-state index is -4.61. The summed E-state index contributed by atoms with van der Waals surface area (Å²) in [5.41, 5.74) is 0. The van der Waals surface area contributed by atoms with E-state index in [1.165, 1.54) is 57.8 Å². The third kappa shape index (κ3) is 29.9. The lowest BCUT2D eigenvalue weighted by Gasteiger charge is -2.18. The first kappa shape index (κ1) is 37.4. The van der Waals surface area contributed by atoms with Crippen molar-refractivity contribution in [3.63, 3.8) is 0 Å². The van der Waals surface area contributed by atoms with Crippen LogP contribution in [-0.2, 0) is 28.2 Å². The summed E-state index contributed by atoms with van der Waals surface area (Å²) in [6.07, 6.45) is 21.9. The summed E-state index contributed by atoms with van der Waals surface area (Å²) in [4.78, 5) is 40.4. The number of hydrogen-bond acceptors (Lipinski definition) is 7. The standard InChI is InChI=1S/C28H55O8PS/c1-2-3-4-5-6-7-8-9-10-12-15-18-21-28(30)36-27(24-35-37(31,32)33)25-38-23-20-17-14-11-13-16-19-22-34-26-29/h26-27H,2-25H2,1H3,(H2,31,32,33)/t27-/m1/s1. The number of carbonyl (C=O) groups is 2. The highest BCUT2D eigenvalue weighted by atomic mass is 32.2. The van der Waals surface area contributed by atoms with Gasteiger partial charge in [-0.15, -0.1) is 0 Å². The maximum absolute atomic E-state index is 12.3. The van der Waals surface area contributed by atoms with E-state index in [1.54, 1.807) is 11.8 Å². The molecule has 0 spiro atoms. The van der Waals surface area contributed by atoms with E-state index in [2.05, 4.69) is 16.2 Å². The highest BCUT2D eigenvalue weighted by Crippen LogP contribution is 2.36. The normalized spacial score (nSPS) is 12.4. The average Bonchev–Trinajstić information content (AvgIpc) is 2.88. The summed E-state index contributed by atoms with van der Waals surface area (Å²) in [5.74, 6) is 1.03. The van der Waals surface area contributed by atoms with Crippen LogP contribution in [0, 0.1) is 0 Å². The molecule has 0 heterocycles. The van der Waals surface area contributed by atoms with E-state index in [1.807, 2.05) is 0 Å². The molecule has 10 heteroatoms. The molecule has 0 radical (unpaired) electrons. The summed E-state index contributed by atoms with van der Waals surface area (Å²) < 4.78 is 25.9. The van der Waals surface area contributed by atoms with Crippen LogP contribution in [0.5, 0.6) is 0 Å². The van der Waals surface area contributed by atoms with Crippen molar-refractivity contribution in [3.05, 3.63) is 0 Å². The van der Waals surface area contributed by atoms with Gasteiger partial charge in [-0.2, -0.15) is 11.8 Å². The molecule has 0 fully saturated rings. The molecule has 38 heavy (non-hydrogen) atoms. The molecule has 226 valence electrons. The van der Waals surface area contributed by atoms with E-state index in [0.717, 1.165) is 70.0 Å². The van der Waals surface area contributed by atoms with Crippen molar-refractivity contribution in [2.24, 2.45) is 0 Å². The van der Waals surface area contributed by atoms with Crippen LogP contribution in [-0.4, -0.2) is 53.1 Å². The zero-order chi connectivity index (χ0) is 28.2. The molecule has 0 saturated carbocycles. The van der Waals surface area contributed by atoms with Gasteiger partial charge in [-0.25, -0.2) is 4.57 Å². The van der Waals surface area contributed by atoms with Crippen LogP contribution in [0.25, 0.3) is 0 Å². The Morgan fingerprint density at radius 2 is 1.29 bits per heavy atom. The van der Waals surface area contributed by atoms with Crippen LogP contribution in [0.2, 0.25) is 0 Å². The molecule has 8 nitrogen and oxygen atoms in total. The summed E-state index contributed by atoms with van der Waals surface area (Å²) in [5, 5.41) is 0. The largest absolute Gasteiger partial charge is 0.469 e. The first-order valence-electron chi connectivity index (χ1n) is 14.9. The Labute approximate surface area is 236 Å². The predicted octanol–water partition coefficient (Wildman–Crippen LogP) is 7.74. The van der Waals surface area contributed by atoms with Crippen molar-refractivity contribution in [2.75, 3.05) is 24.7 Å². The lowest BCUT2D eigenvalue weighted by molar-refractivity contribution is -0.149. The second kappa shape index (κ2) is 27.9. The minimum absolute atomic E-state index is 0.296. The Hall–Kier alpha value is -0.600. The van der Waals surface area contributed by atoms with Gasteiger partial charge in [0.1, 0.15) is 6.10 Å². The van der Waals surface area contributed by atoms with E-state index < -0.39 is 13.9 Å². The van der Waals surface area contributed by atoms with Crippen molar-refractivity contribution in [1.29, 1.82) is 0 Å². The van der Waals surface area contributed by atoms with Crippen molar-refractivity contribution >= 4 is 32.0 Å². The van der Waals surface area contributed by atoms with Crippen LogP contribution in [0.3, 0.4) is 0 Å². The van der Waals surface area contributed by atoms with Crippen LogP contribution in [0.1, 0.15) is 135 Å². The molecule has 0 aromatic rings. The Balaban J connectivity index is 3.87. The van der Waals surface area contributed by atoms with Crippen molar-refractivity contribution < 1.29 is 37.9 Å². The number of ether oxygens (including phenoxy) is 2. The van der Waals surface area contributed by atoms with Crippen LogP contribution >= 0.6 is 19.6 Å². The summed E-state index contributed by atoms with van der Waals surface area (Å²) >= 11 is 1.62. The molecular formula is C28H55O8PS. The van der Waals surface area contributed by atoms with E-state index >= 15 is 0 Å². The summed E-state index contributed by atoms with van der Waals surface area (Å²) in [7, 11) is -4.61. The van der Waals surface area contributed by atoms with Gasteiger partial charge in [0.15, 0.2) is 0 Å². The molecular weight excluding hydrogens is 527 g/mol.